The van der Waals surface area contributed by atoms with Gasteiger partial charge in [0.25, 0.3) is 0 Å². The van der Waals surface area contributed by atoms with E-state index in [0.717, 1.165) is 29.8 Å². The topological polar surface area (TPSA) is 41.9 Å². The minimum absolute atomic E-state index is 0.219. The minimum Gasteiger partial charge on any atom is -0.456 e. The Balaban J connectivity index is 1.61. The largest absolute Gasteiger partial charge is 0.456 e. The lowest BCUT2D eigenvalue weighted by Crippen LogP contribution is -2.38. The summed E-state index contributed by atoms with van der Waals surface area (Å²) in [4.78, 5) is 12.2. The molecule has 4 rings (SSSR count). The molecule has 2 aliphatic rings. The van der Waals surface area contributed by atoms with Crippen molar-refractivity contribution in [2.45, 2.75) is 38.4 Å². The molecule has 1 fully saturated rings. The Morgan fingerprint density at radius 3 is 2.39 bits per heavy atom. The summed E-state index contributed by atoms with van der Waals surface area (Å²) in [5.74, 6) is -1.96. The van der Waals surface area contributed by atoms with E-state index in [9.17, 15) is 22.4 Å². The van der Waals surface area contributed by atoms with Gasteiger partial charge in [0.1, 0.15) is 5.82 Å². The summed E-state index contributed by atoms with van der Waals surface area (Å²) in [6.45, 7) is -0.0143. The number of hydrazone groups is 1. The molecule has 4 nitrogen and oxygen atoms in total. The van der Waals surface area contributed by atoms with Crippen LogP contribution < -0.4 is 5.01 Å². The number of benzene rings is 2. The first-order valence-electron chi connectivity index (χ1n) is 10.1. The number of anilines is 1. The number of para-hydroxylation sites is 1. The average Bonchev–Trinajstić information content (AvgIpc) is 3.47. The molecule has 2 aromatic rings. The highest BCUT2D eigenvalue weighted by molar-refractivity contribution is 6.09. The minimum atomic E-state index is -4.56. The average molecular weight is 434 g/mol. The van der Waals surface area contributed by atoms with Crippen LogP contribution in [0.2, 0.25) is 0 Å². The number of esters is 1. The van der Waals surface area contributed by atoms with Gasteiger partial charge in [0.05, 0.1) is 23.4 Å². The molecular weight excluding hydrogens is 412 g/mol. The number of carbonyl (C=O) groups excluding carboxylic acids is 1. The van der Waals surface area contributed by atoms with E-state index in [1.165, 1.54) is 12.1 Å². The Hall–Kier alpha value is -2.90. The monoisotopic (exact) mass is 434 g/mol. The molecule has 0 bridgehead atoms. The first-order valence-corrected chi connectivity index (χ1v) is 10.1. The van der Waals surface area contributed by atoms with Crippen LogP contribution in [0.5, 0.6) is 0 Å². The van der Waals surface area contributed by atoms with E-state index < -0.39 is 24.7 Å². The van der Waals surface area contributed by atoms with Crippen molar-refractivity contribution >= 4 is 17.4 Å². The lowest BCUT2D eigenvalue weighted by atomic mass is 9.83. The Morgan fingerprint density at radius 1 is 1.16 bits per heavy atom. The van der Waals surface area contributed by atoms with Gasteiger partial charge in [-0.25, -0.2) is 4.39 Å². The van der Waals surface area contributed by atoms with E-state index in [0.29, 0.717) is 6.42 Å². The molecule has 164 valence electrons. The molecule has 1 saturated carbocycles. The van der Waals surface area contributed by atoms with Gasteiger partial charge in [-0.1, -0.05) is 37.3 Å². The van der Waals surface area contributed by atoms with Gasteiger partial charge in [-0.05, 0) is 49.1 Å². The van der Waals surface area contributed by atoms with Crippen molar-refractivity contribution in [3.63, 3.8) is 0 Å². The third kappa shape index (κ3) is 4.43. The molecule has 1 aliphatic carbocycles. The van der Waals surface area contributed by atoms with Crippen molar-refractivity contribution in [1.82, 2.24) is 0 Å². The second-order valence-corrected chi connectivity index (χ2v) is 8.17. The SMILES string of the molecule is CC(CC1N(c2ccccc2)N=C(c2ccc(F)cc2)C12CC2)C(=O)OCC(F)(F)F. The van der Waals surface area contributed by atoms with Gasteiger partial charge in [0.2, 0.25) is 0 Å². The van der Waals surface area contributed by atoms with Gasteiger partial charge in [0.15, 0.2) is 6.61 Å². The molecule has 0 amide bonds. The number of carbonyl (C=O) groups is 1. The van der Waals surface area contributed by atoms with Crippen molar-refractivity contribution in [3.8, 4) is 0 Å². The van der Waals surface area contributed by atoms with Gasteiger partial charge >= 0.3 is 12.1 Å². The van der Waals surface area contributed by atoms with Crippen LogP contribution in [-0.2, 0) is 9.53 Å². The molecule has 8 heteroatoms. The van der Waals surface area contributed by atoms with Crippen LogP contribution in [0.15, 0.2) is 59.7 Å². The smallest absolute Gasteiger partial charge is 0.422 e. The zero-order valence-corrected chi connectivity index (χ0v) is 16.9. The molecule has 31 heavy (non-hydrogen) atoms. The van der Waals surface area contributed by atoms with Crippen molar-refractivity contribution in [3.05, 3.63) is 66.0 Å². The number of hydrogen-bond donors (Lipinski definition) is 0. The second kappa shape index (κ2) is 7.98. The third-order valence-corrected chi connectivity index (χ3v) is 5.90. The van der Waals surface area contributed by atoms with Gasteiger partial charge in [-0.2, -0.15) is 18.3 Å². The van der Waals surface area contributed by atoms with Crippen LogP contribution in [0.4, 0.5) is 23.2 Å². The Bertz CT molecular complexity index is 969. The molecule has 0 N–H and O–H groups in total. The van der Waals surface area contributed by atoms with Crippen LogP contribution in [0.25, 0.3) is 0 Å². The van der Waals surface area contributed by atoms with Crippen molar-refractivity contribution in [2.75, 3.05) is 11.6 Å². The highest BCUT2D eigenvalue weighted by atomic mass is 19.4. The molecular formula is C23H22F4N2O2. The molecule has 2 atom stereocenters. The fourth-order valence-corrected chi connectivity index (χ4v) is 4.20. The lowest BCUT2D eigenvalue weighted by Gasteiger charge is -2.30. The highest BCUT2D eigenvalue weighted by Gasteiger charge is 2.60. The van der Waals surface area contributed by atoms with Crippen LogP contribution in [-0.4, -0.2) is 30.5 Å². The van der Waals surface area contributed by atoms with Crippen LogP contribution >= 0.6 is 0 Å². The fraction of sp³-hybridized carbons (Fsp3) is 0.391. The number of ether oxygens (including phenoxy) is 1. The first kappa shape index (κ1) is 21.3. The Morgan fingerprint density at radius 2 is 1.81 bits per heavy atom. The van der Waals surface area contributed by atoms with Crippen LogP contribution in [0.3, 0.4) is 0 Å². The van der Waals surface area contributed by atoms with E-state index in [-0.39, 0.29) is 17.3 Å². The zero-order valence-electron chi connectivity index (χ0n) is 16.9. The summed E-state index contributed by atoms with van der Waals surface area (Å²) in [7, 11) is 0. The van der Waals surface area contributed by atoms with Gasteiger partial charge in [0, 0.05) is 5.41 Å². The van der Waals surface area contributed by atoms with Gasteiger partial charge in [-0.15, -0.1) is 0 Å². The van der Waals surface area contributed by atoms with E-state index in [1.54, 1.807) is 19.1 Å². The van der Waals surface area contributed by atoms with E-state index in [1.807, 2.05) is 35.3 Å². The fourth-order valence-electron chi connectivity index (χ4n) is 4.20. The predicted molar refractivity (Wildman–Crippen MR) is 108 cm³/mol. The Labute approximate surface area is 177 Å². The van der Waals surface area contributed by atoms with E-state index >= 15 is 0 Å². The third-order valence-electron chi connectivity index (χ3n) is 5.90. The summed E-state index contributed by atoms with van der Waals surface area (Å²) in [5, 5.41) is 6.69. The quantitative estimate of drug-likeness (QED) is 0.456. The summed E-state index contributed by atoms with van der Waals surface area (Å²) in [6, 6.07) is 15.3. The lowest BCUT2D eigenvalue weighted by molar-refractivity contribution is -0.189. The summed E-state index contributed by atoms with van der Waals surface area (Å²) < 4.78 is 55.2. The predicted octanol–water partition coefficient (Wildman–Crippen LogP) is 5.33. The number of rotatable bonds is 6. The Kier molecular flexibility index (Phi) is 5.49. The second-order valence-electron chi connectivity index (χ2n) is 8.17. The maximum Gasteiger partial charge on any atom is 0.422 e. The summed E-state index contributed by atoms with van der Waals surface area (Å²) in [6.07, 6.45) is -2.60. The van der Waals surface area contributed by atoms with Crippen molar-refractivity contribution in [2.24, 2.45) is 16.4 Å². The molecule has 1 heterocycles. The number of hydrogen-bond acceptors (Lipinski definition) is 4. The number of nitrogens with zero attached hydrogens (tertiary/aromatic N) is 2. The molecule has 1 spiro atoms. The zero-order chi connectivity index (χ0) is 22.2. The number of halogens is 4. The standard InChI is InChI=1S/C23H22F4N2O2/c1-15(21(30)31-14-23(25,26)27)13-19-22(11-12-22)20(16-7-9-17(24)10-8-16)28-29(19)18-5-3-2-4-6-18/h2-10,15,19H,11-14H2,1H3. The normalized spacial score (nSPS) is 20.5. The van der Waals surface area contributed by atoms with E-state index in [2.05, 4.69) is 4.74 Å². The molecule has 0 aromatic heterocycles. The number of alkyl halides is 3. The van der Waals surface area contributed by atoms with Gasteiger partial charge in [-0.3, -0.25) is 9.80 Å². The van der Waals surface area contributed by atoms with Crippen LogP contribution in [0.1, 0.15) is 31.7 Å². The van der Waals surface area contributed by atoms with Gasteiger partial charge < -0.3 is 4.74 Å². The first-order chi connectivity index (χ1) is 14.7. The molecule has 2 aromatic carbocycles. The highest BCUT2D eigenvalue weighted by Crippen LogP contribution is 2.58. The molecule has 2 unspecified atom stereocenters. The summed E-state index contributed by atoms with van der Waals surface area (Å²) in [5.41, 5.74) is 2.12. The molecule has 0 saturated heterocycles. The van der Waals surface area contributed by atoms with Crippen LogP contribution in [0, 0.1) is 17.2 Å². The molecule has 1 aliphatic heterocycles. The van der Waals surface area contributed by atoms with Crippen molar-refractivity contribution in [1.29, 1.82) is 0 Å². The maximum atomic E-state index is 13.4. The van der Waals surface area contributed by atoms with E-state index in [4.69, 9.17) is 5.10 Å². The molecule has 0 radical (unpaired) electrons. The maximum absolute atomic E-state index is 13.4. The summed E-state index contributed by atoms with van der Waals surface area (Å²) >= 11 is 0. The van der Waals surface area contributed by atoms with Crippen molar-refractivity contribution < 1.29 is 27.1 Å².